The van der Waals surface area contributed by atoms with Crippen LogP contribution in [-0.4, -0.2) is 31.0 Å². The van der Waals surface area contributed by atoms with Gasteiger partial charge in [-0.15, -0.1) is 0 Å². The Balaban J connectivity index is 1.72. The van der Waals surface area contributed by atoms with Gasteiger partial charge in [0.15, 0.2) is 0 Å². The molecule has 0 saturated heterocycles. The summed E-state index contributed by atoms with van der Waals surface area (Å²) in [4.78, 5) is 0. The number of benzene rings is 1. The predicted molar refractivity (Wildman–Crippen MR) is 69.2 cm³/mol. The molecular weight excluding hydrogens is 247 g/mol. The lowest BCUT2D eigenvalue weighted by atomic mass is 10.2. The molecule has 1 atom stereocenters. The molecule has 0 spiro atoms. The van der Waals surface area contributed by atoms with Crippen molar-refractivity contribution in [1.29, 1.82) is 5.26 Å². The van der Waals surface area contributed by atoms with Gasteiger partial charge in [0.25, 0.3) is 0 Å². The number of nitrogens with zero attached hydrogens (tertiary/aromatic N) is 1. The van der Waals surface area contributed by atoms with Crippen LogP contribution in [0, 0.1) is 23.1 Å². The van der Waals surface area contributed by atoms with Gasteiger partial charge in [-0.3, -0.25) is 0 Å². The SMILES string of the molecule is N#Cc1ccc(NCC(O)COCC2CC2)c(F)c1. The van der Waals surface area contributed by atoms with Crippen molar-refractivity contribution in [2.75, 3.05) is 25.1 Å². The fourth-order valence-electron chi connectivity index (χ4n) is 1.67. The number of hydrogen-bond donors (Lipinski definition) is 2. The molecule has 5 heteroatoms. The molecule has 1 saturated carbocycles. The maximum Gasteiger partial charge on any atom is 0.147 e. The van der Waals surface area contributed by atoms with E-state index in [1.807, 2.05) is 6.07 Å². The third-order valence-electron chi connectivity index (χ3n) is 2.99. The zero-order valence-electron chi connectivity index (χ0n) is 10.6. The first-order valence-electron chi connectivity index (χ1n) is 6.38. The van der Waals surface area contributed by atoms with Crippen molar-refractivity contribution in [1.82, 2.24) is 0 Å². The molecule has 102 valence electrons. The van der Waals surface area contributed by atoms with E-state index in [1.165, 1.54) is 25.0 Å². The molecule has 0 bridgehead atoms. The van der Waals surface area contributed by atoms with Crippen LogP contribution in [0.1, 0.15) is 18.4 Å². The highest BCUT2D eigenvalue weighted by Crippen LogP contribution is 2.28. The van der Waals surface area contributed by atoms with Crippen LogP contribution in [-0.2, 0) is 4.74 Å². The molecule has 2 rings (SSSR count). The van der Waals surface area contributed by atoms with Crippen LogP contribution in [0.3, 0.4) is 0 Å². The summed E-state index contributed by atoms with van der Waals surface area (Å²) in [5.74, 6) is 0.168. The number of rotatable bonds is 7. The quantitative estimate of drug-likeness (QED) is 0.789. The van der Waals surface area contributed by atoms with Crippen LogP contribution in [0.5, 0.6) is 0 Å². The third kappa shape index (κ3) is 4.51. The summed E-state index contributed by atoms with van der Waals surface area (Å²) in [6, 6.07) is 6.05. The van der Waals surface area contributed by atoms with Gasteiger partial charge in [0.05, 0.1) is 30.0 Å². The largest absolute Gasteiger partial charge is 0.389 e. The summed E-state index contributed by atoms with van der Waals surface area (Å²) in [5.41, 5.74) is 0.552. The molecular formula is C14H17FN2O2. The maximum atomic E-state index is 13.5. The van der Waals surface area contributed by atoms with E-state index in [0.717, 1.165) is 6.07 Å². The van der Waals surface area contributed by atoms with Crippen molar-refractivity contribution < 1.29 is 14.2 Å². The van der Waals surface area contributed by atoms with Crippen LogP contribution < -0.4 is 5.32 Å². The fourth-order valence-corrected chi connectivity index (χ4v) is 1.67. The van der Waals surface area contributed by atoms with Gasteiger partial charge in [-0.25, -0.2) is 4.39 Å². The summed E-state index contributed by atoms with van der Waals surface area (Å²) in [6.07, 6.45) is 1.75. The van der Waals surface area contributed by atoms with Gasteiger partial charge in [0.2, 0.25) is 0 Å². The summed E-state index contributed by atoms with van der Waals surface area (Å²) in [5, 5.41) is 21.1. The van der Waals surface area contributed by atoms with Gasteiger partial charge in [-0.2, -0.15) is 5.26 Å². The standard InChI is InChI=1S/C14H17FN2O2/c15-13-5-11(6-16)3-4-14(13)17-7-12(18)9-19-8-10-1-2-10/h3-5,10,12,17-18H,1-2,7-9H2. The highest BCUT2D eigenvalue weighted by Gasteiger charge is 2.21. The summed E-state index contributed by atoms with van der Waals surface area (Å²) >= 11 is 0. The maximum absolute atomic E-state index is 13.5. The van der Waals surface area contributed by atoms with Crippen LogP contribution in [0.15, 0.2) is 18.2 Å². The van der Waals surface area contributed by atoms with Gasteiger partial charge in [0.1, 0.15) is 5.82 Å². The number of nitriles is 1. The lowest BCUT2D eigenvalue weighted by Crippen LogP contribution is -2.25. The lowest BCUT2D eigenvalue weighted by molar-refractivity contribution is 0.0386. The molecule has 0 radical (unpaired) electrons. The smallest absolute Gasteiger partial charge is 0.147 e. The molecule has 4 nitrogen and oxygen atoms in total. The van der Waals surface area contributed by atoms with Crippen molar-refractivity contribution in [3.8, 4) is 6.07 Å². The van der Waals surface area contributed by atoms with Crippen molar-refractivity contribution >= 4 is 5.69 Å². The molecule has 1 aromatic rings. The van der Waals surface area contributed by atoms with Crippen LogP contribution in [0.4, 0.5) is 10.1 Å². The molecule has 2 N–H and O–H groups in total. The van der Waals surface area contributed by atoms with E-state index in [2.05, 4.69) is 5.32 Å². The van der Waals surface area contributed by atoms with E-state index >= 15 is 0 Å². The molecule has 1 aliphatic rings. The number of halogens is 1. The second-order valence-electron chi connectivity index (χ2n) is 4.82. The number of aliphatic hydroxyl groups is 1. The Kier molecular flexibility index (Phi) is 4.72. The van der Waals surface area contributed by atoms with E-state index in [9.17, 15) is 9.50 Å². The van der Waals surface area contributed by atoms with Gasteiger partial charge in [0, 0.05) is 13.2 Å². The summed E-state index contributed by atoms with van der Waals surface area (Å²) in [7, 11) is 0. The predicted octanol–water partition coefficient (Wildman–Crippen LogP) is 1.90. The van der Waals surface area contributed by atoms with Gasteiger partial charge in [-0.05, 0) is 37.0 Å². The van der Waals surface area contributed by atoms with E-state index in [0.29, 0.717) is 12.5 Å². The number of anilines is 1. The minimum atomic E-state index is -0.672. The Morgan fingerprint density at radius 1 is 1.53 bits per heavy atom. The van der Waals surface area contributed by atoms with Gasteiger partial charge >= 0.3 is 0 Å². The van der Waals surface area contributed by atoms with Crippen molar-refractivity contribution in [3.63, 3.8) is 0 Å². The normalized spacial score (nSPS) is 15.8. The van der Waals surface area contributed by atoms with E-state index < -0.39 is 11.9 Å². The molecule has 0 amide bonds. The fraction of sp³-hybridized carbons (Fsp3) is 0.500. The topological polar surface area (TPSA) is 65.3 Å². The van der Waals surface area contributed by atoms with Crippen molar-refractivity contribution in [2.45, 2.75) is 18.9 Å². The number of nitrogens with one attached hydrogen (secondary N) is 1. The Morgan fingerprint density at radius 3 is 2.95 bits per heavy atom. The Bertz CT molecular complexity index is 469. The molecule has 0 heterocycles. The first-order chi connectivity index (χ1) is 9.19. The van der Waals surface area contributed by atoms with E-state index in [1.54, 1.807) is 0 Å². The van der Waals surface area contributed by atoms with Crippen molar-refractivity contribution in [3.05, 3.63) is 29.6 Å². The Morgan fingerprint density at radius 2 is 2.32 bits per heavy atom. The average Bonchev–Trinajstić information content (AvgIpc) is 3.21. The molecule has 1 fully saturated rings. The summed E-state index contributed by atoms with van der Waals surface area (Å²) < 4.78 is 18.9. The Hall–Kier alpha value is -1.64. The van der Waals surface area contributed by atoms with Gasteiger partial charge < -0.3 is 15.2 Å². The Labute approximate surface area is 111 Å². The van der Waals surface area contributed by atoms with E-state index in [-0.39, 0.29) is 24.4 Å². The molecule has 0 aromatic heterocycles. The zero-order chi connectivity index (χ0) is 13.7. The van der Waals surface area contributed by atoms with Crippen LogP contribution in [0.2, 0.25) is 0 Å². The number of hydrogen-bond acceptors (Lipinski definition) is 4. The van der Waals surface area contributed by atoms with E-state index in [4.69, 9.17) is 10.00 Å². The lowest BCUT2D eigenvalue weighted by Gasteiger charge is -2.13. The molecule has 0 aliphatic heterocycles. The number of ether oxygens (including phenoxy) is 1. The van der Waals surface area contributed by atoms with Gasteiger partial charge in [-0.1, -0.05) is 0 Å². The summed E-state index contributed by atoms with van der Waals surface area (Å²) in [6.45, 7) is 1.16. The second-order valence-corrected chi connectivity index (χ2v) is 4.82. The molecule has 19 heavy (non-hydrogen) atoms. The molecule has 1 unspecified atom stereocenters. The first kappa shape index (κ1) is 13.8. The molecule has 1 aromatic carbocycles. The third-order valence-corrected chi connectivity index (χ3v) is 2.99. The molecule has 1 aliphatic carbocycles. The highest BCUT2D eigenvalue weighted by molar-refractivity contribution is 5.48. The zero-order valence-corrected chi connectivity index (χ0v) is 10.6. The monoisotopic (exact) mass is 264 g/mol. The first-order valence-corrected chi connectivity index (χ1v) is 6.38. The van der Waals surface area contributed by atoms with Crippen LogP contribution >= 0.6 is 0 Å². The second kappa shape index (κ2) is 6.50. The highest BCUT2D eigenvalue weighted by atomic mass is 19.1. The van der Waals surface area contributed by atoms with Crippen LogP contribution in [0.25, 0.3) is 0 Å². The average molecular weight is 264 g/mol. The minimum Gasteiger partial charge on any atom is -0.389 e. The number of aliphatic hydroxyl groups excluding tert-OH is 1. The minimum absolute atomic E-state index is 0.216. The van der Waals surface area contributed by atoms with Crippen molar-refractivity contribution in [2.24, 2.45) is 5.92 Å².